The second kappa shape index (κ2) is 8.05. The predicted octanol–water partition coefficient (Wildman–Crippen LogP) is 3.20. The van der Waals surface area contributed by atoms with Crippen molar-refractivity contribution in [2.75, 3.05) is 11.9 Å². The maximum atomic E-state index is 11.7. The molecule has 0 saturated carbocycles. The fourth-order valence-electron chi connectivity index (χ4n) is 1.68. The van der Waals surface area contributed by atoms with Crippen molar-refractivity contribution in [3.05, 3.63) is 65.2 Å². The molecule has 0 aliphatic rings. The van der Waals surface area contributed by atoms with Crippen molar-refractivity contribution in [1.82, 2.24) is 5.32 Å². The number of hydrogen-bond donors (Lipinski definition) is 2. The molecule has 0 radical (unpaired) electrons. The van der Waals surface area contributed by atoms with Gasteiger partial charge in [-0.3, -0.25) is 4.79 Å². The van der Waals surface area contributed by atoms with Gasteiger partial charge >= 0.3 is 6.09 Å². The minimum Gasteiger partial charge on any atom is -0.445 e. The summed E-state index contributed by atoms with van der Waals surface area (Å²) >= 11 is 5.92. The van der Waals surface area contributed by atoms with E-state index in [1.165, 1.54) is 0 Å². The summed E-state index contributed by atoms with van der Waals surface area (Å²) in [6, 6.07) is 16.1. The van der Waals surface area contributed by atoms with Crippen molar-refractivity contribution in [2.45, 2.75) is 6.61 Å². The Morgan fingerprint density at radius 3 is 2.41 bits per heavy atom. The number of benzene rings is 2. The average Bonchev–Trinajstić information content (AvgIpc) is 2.54. The molecule has 0 atom stereocenters. The topological polar surface area (TPSA) is 67.4 Å². The number of hydrogen-bond acceptors (Lipinski definition) is 3. The highest BCUT2D eigenvalue weighted by molar-refractivity contribution is 6.33. The van der Waals surface area contributed by atoms with Crippen LogP contribution in [0.25, 0.3) is 0 Å². The number of ether oxygens (including phenoxy) is 1. The van der Waals surface area contributed by atoms with Crippen LogP contribution in [-0.2, 0) is 16.1 Å². The van der Waals surface area contributed by atoms with E-state index in [1.807, 2.05) is 30.3 Å². The fourth-order valence-corrected chi connectivity index (χ4v) is 1.87. The smallest absolute Gasteiger partial charge is 0.407 e. The Morgan fingerprint density at radius 1 is 1.00 bits per heavy atom. The van der Waals surface area contributed by atoms with Gasteiger partial charge in [0.05, 0.1) is 10.7 Å². The summed E-state index contributed by atoms with van der Waals surface area (Å²) in [6.07, 6.45) is -0.654. The van der Waals surface area contributed by atoms with E-state index in [4.69, 9.17) is 16.3 Å². The first-order chi connectivity index (χ1) is 10.6. The maximum absolute atomic E-state index is 11.7. The van der Waals surface area contributed by atoms with Crippen LogP contribution >= 0.6 is 11.6 Å². The van der Waals surface area contributed by atoms with Crippen molar-refractivity contribution in [2.24, 2.45) is 0 Å². The Bertz CT molecular complexity index is 647. The van der Waals surface area contributed by atoms with Gasteiger partial charge in [0.15, 0.2) is 0 Å². The molecule has 6 heteroatoms. The fraction of sp³-hybridized carbons (Fsp3) is 0.125. The van der Waals surface area contributed by atoms with Crippen molar-refractivity contribution in [1.29, 1.82) is 0 Å². The number of anilines is 1. The summed E-state index contributed by atoms with van der Waals surface area (Å²) < 4.78 is 5.00. The van der Waals surface area contributed by atoms with Crippen molar-refractivity contribution >= 4 is 29.3 Å². The third-order valence-electron chi connectivity index (χ3n) is 2.75. The highest BCUT2D eigenvalue weighted by atomic mass is 35.5. The summed E-state index contributed by atoms with van der Waals surface area (Å²) in [5.74, 6) is -0.384. The summed E-state index contributed by atoms with van der Waals surface area (Å²) in [4.78, 5) is 23.2. The van der Waals surface area contributed by atoms with Gasteiger partial charge in [-0.2, -0.15) is 0 Å². The molecule has 22 heavy (non-hydrogen) atoms. The lowest BCUT2D eigenvalue weighted by atomic mass is 10.2. The Kier molecular flexibility index (Phi) is 5.80. The lowest BCUT2D eigenvalue weighted by Crippen LogP contribution is -2.33. The Morgan fingerprint density at radius 2 is 1.68 bits per heavy atom. The molecule has 5 nitrogen and oxygen atoms in total. The van der Waals surface area contributed by atoms with E-state index in [1.54, 1.807) is 24.3 Å². The summed E-state index contributed by atoms with van der Waals surface area (Å²) in [5, 5.41) is 5.41. The lowest BCUT2D eigenvalue weighted by molar-refractivity contribution is -0.115. The van der Waals surface area contributed by atoms with Gasteiger partial charge in [-0.05, 0) is 17.7 Å². The molecule has 2 aromatic carbocycles. The monoisotopic (exact) mass is 318 g/mol. The molecule has 0 saturated heterocycles. The zero-order valence-electron chi connectivity index (χ0n) is 11.7. The summed E-state index contributed by atoms with van der Waals surface area (Å²) in [7, 11) is 0. The molecule has 2 aromatic rings. The third kappa shape index (κ3) is 5.10. The number of nitrogens with one attached hydrogen (secondary N) is 2. The zero-order chi connectivity index (χ0) is 15.8. The van der Waals surface area contributed by atoms with Crippen LogP contribution < -0.4 is 10.6 Å². The minimum atomic E-state index is -0.654. The second-order valence-corrected chi connectivity index (χ2v) is 4.85. The maximum Gasteiger partial charge on any atom is 0.407 e. The van der Waals surface area contributed by atoms with E-state index in [-0.39, 0.29) is 19.1 Å². The number of halogens is 1. The first-order valence-electron chi connectivity index (χ1n) is 6.64. The van der Waals surface area contributed by atoms with Crippen LogP contribution in [0.5, 0.6) is 0 Å². The second-order valence-electron chi connectivity index (χ2n) is 4.44. The largest absolute Gasteiger partial charge is 0.445 e. The molecule has 0 aromatic heterocycles. The molecule has 0 unspecified atom stereocenters. The molecule has 114 valence electrons. The predicted molar refractivity (Wildman–Crippen MR) is 84.7 cm³/mol. The molecule has 2 rings (SSSR count). The van der Waals surface area contributed by atoms with Gasteiger partial charge in [0.2, 0.25) is 5.91 Å². The van der Waals surface area contributed by atoms with Crippen molar-refractivity contribution in [3.63, 3.8) is 0 Å². The standard InChI is InChI=1S/C16H15ClN2O3/c17-13-8-4-5-9-14(13)19-15(20)10-18-16(21)22-11-12-6-2-1-3-7-12/h1-9H,10-11H2,(H,18,21)(H,19,20). The molecule has 2 amide bonds. The lowest BCUT2D eigenvalue weighted by Gasteiger charge is -2.09. The van der Waals surface area contributed by atoms with Crippen LogP contribution in [-0.4, -0.2) is 18.5 Å². The SMILES string of the molecule is O=C(CNC(=O)OCc1ccccc1)Nc1ccccc1Cl. The number of amides is 2. The molecule has 0 spiro atoms. The number of carbonyl (C=O) groups excluding carboxylic acids is 2. The molecule has 0 aliphatic carbocycles. The van der Waals surface area contributed by atoms with E-state index in [0.29, 0.717) is 10.7 Å². The van der Waals surface area contributed by atoms with E-state index in [9.17, 15) is 9.59 Å². The van der Waals surface area contributed by atoms with Gasteiger partial charge in [-0.25, -0.2) is 4.79 Å². The molecule has 0 fully saturated rings. The normalized spacial score (nSPS) is 9.86. The zero-order valence-corrected chi connectivity index (χ0v) is 12.5. The Balaban J connectivity index is 1.72. The molecule has 2 N–H and O–H groups in total. The quantitative estimate of drug-likeness (QED) is 0.889. The number of rotatable bonds is 5. The Labute approximate surface area is 133 Å². The molecular formula is C16H15ClN2O3. The van der Waals surface area contributed by atoms with Gasteiger partial charge in [-0.1, -0.05) is 54.1 Å². The molecule has 0 aliphatic heterocycles. The van der Waals surface area contributed by atoms with Crippen molar-refractivity contribution in [3.8, 4) is 0 Å². The summed E-state index contributed by atoms with van der Waals surface area (Å²) in [5.41, 5.74) is 1.37. The van der Waals surface area contributed by atoms with Crippen molar-refractivity contribution < 1.29 is 14.3 Å². The van der Waals surface area contributed by atoms with Crippen LogP contribution in [0.1, 0.15) is 5.56 Å². The van der Waals surface area contributed by atoms with Crippen LogP contribution in [0.15, 0.2) is 54.6 Å². The average molecular weight is 319 g/mol. The van der Waals surface area contributed by atoms with E-state index < -0.39 is 6.09 Å². The van der Waals surface area contributed by atoms with E-state index >= 15 is 0 Å². The molecular weight excluding hydrogens is 304 g/mol. The van der Waals surface area contributed by atoms with E-state index in [2.05, 4.69) is 10.6 Å². The van der Waals surface area contributed by atoms with Gasteiger partial charge in [0.25, 0.3) is 0 Å². The molecule has 0 heterocycles. The van der Waals surface area contributed by atoms with Gasteiger partial charge < -0.3 is 15.4 Å². The number of alkyl carbamates (subject to hydrolysis) is 1. The minimum absolute atomic E-state index is 0.152. The van der Waals surface area contributed by atoms with E-state index in [0.717, 1.165) is 5.56 Å². The van der Waals surface area contributed by atoms with Gasteiger partial charge in [0, 0.05) is 0 Å². The third-order valence-corrected chi connectivity index (χ3v) is 3.08. The Hall–Kier alpha value is -2.53. The number of carbonyl (C=O) groups is 2. The van der Waals surface area contributed by atoms with Crippen LogP contribution in [0, 0.1) is 0 Å². The van der Waals surface area contributed by atoms with Crippen LogP contribution in [0.4, 0.5) is 10.5 Å². The summed E-state index contributed by atoms with van der Waals surface area (Å²) in [6.45, 7) is -0.0440. The highest BCUT2D eigenvalue weighted by Crippen LogP contribution is 2.19. The van der Waals surface area contributed by atoms with Crippen LogP contribution in [0.3, 0.4) is 0 Å². The number of para-hydroxylation sites is 1. The molecule has 0 bridgehead atoms. The van der Waals surface area contributed by atoms with Gasteiger partial charge in [-0.15, -0.1) is 0 Å². The first-order valence-corrected chi connectivity index (χ1v) is 7.02. The van der Waals surface area contributed by atoms with Gasteiger partial charge in [0.1, 0.15) is 13.2 Å². The highest BCUT2D eigenvalue weighted by Gasteiger charge is 2.08. The van der Waals surface area contributed by atoms with Crippen LogP contribution in [0.2, 0.25) is 5.02 Å². The first kappa shape index (κ1) is 15.9.